The van der Waals surface area contributed by atoms with E-state index in [1.54, 1.807) is 34.7 Å². The number of nitrogens with zero attached hydrogens (tertiary/aromatic N) is 5. The number of aromatic nitrogens is 5. The van der Waals surface area contributed by atoms with Crippen LogP contribution in [0.4, 0.5) is 0 Å². The minimum atomic E-state index is -0.0889. The first-order valence-corrected chi connectivity index (χ1v) is 16.6. The zero-order chi connectivity index (χ0) is 31.1. The van der Waals surface area contributed by atoms with Crippen LogP contribution in [0.1, 0.15) is 24.2 Å². The molecule has 2 heterocycles. The van der Waals surface area contributed by atoms with Crippen molar-refractivity contribution >= 4 is 33.4 Å². The number of rotatable bonds is 23. The van der Waals surface area contributed by atoms with Crippen molar-refractivity contribution in [1.29, 1.82) is 0 Å². The first kappa shape index (κ1) is 35.3. The van der Waals surface area contributed by atoms with E-state index in [9.17, 15) is 9.59 Å². The maximum absolute atomic E-state index is 12.1. The summed E-state index contributed by atoms with van der Waals surface area (Å²) in [5, 5.41) is 22.5. The molecule has 3 rings (SSSR count). The van der Waals surface area contributed by atoms with Gasteiger partial charge in [-0.2, -0.15) is 0 Å². The molecule has 0 aliphatic rings. The highest BCUT2D eigenvalue weighted by Crippen LogP contribution is 2.29. The lowest BCUT2D eigenvalue weighted by Crippen LogP contribution is -2.27. The highest BCUT2D eigenvalue weighted by atomic mass is 33.1. The van der Waals surface area contributed by atoms with Gasteiger partial charge < -0.3 is 29.6 Å². The van der Waals surface area contributed by atoms with Crippen LogP contribution < -0.4 is 10.6 Å². The SMILES string of the molecule is Cc1nnc(-c2ccc(CNC(=O)CCOCCOCCOCCOCCNC(=O)CCSSc3ccccn3)cc2)nn1. The maximum Gasteiger partial charge on any atom is 0.222 e. The van der Waals surface area contributed by atoms with E-state index in [1.165, 1.54) is 0 Å². The van der Waals surface area contributed by atoms with Crippen LogP contribution in [0.2, 0.25) is 0 Å². The Morgan fingerprint density at radius 2 is 1.36 bits per heavy atom. The minimum absolute atomic E-state index is 0.00720. The smallest absolute Gasteiger partial charge is 0.222 e. The molecule has 15 heteroatoms. The summed E-state index contributed by atoms with van der Waals surface area (Å²) < 4.78 is 21.9. The van der Waals surface area contributed by atoms with Gasteiger partial charge in [-0.25, -0.2) is 4.98 Å². The van der Waals surface area contributed by atoms with Crippen molar-refractivity contribution in [2.45, 2.75) is 31.3 Å². The second kappa shape index (κ2) is 22.3. The van der Waals surface area contributed by atoms with E-state index in [4.69, 9.17) is 18.9 Å². The summed E-state index contributed by atoms with van der Waals surface area (Å²) in [5.74, 6) is 1.61. The summed E-state index contributed by atoms with van der Waals surface area (Å²) in [7, 11) is 3.17. The number of ether oxygens (including phenoxy) is 4. The highest BCUT2D eigenvalue weighted by Gasteiger charge is 2.06. The van der Waals surface area contributed by atoms with Crippen molar-refractivity contribution < 1.29 is 28.5 Å². The molecule has 0 unspecified atom stereocenters. The summed E-state index contributed by atoms with van der Waals surface area (Å²) in [6.07, 6.45) is 2.47. The van der Waals surface area contributed by atoms with Crippen molar-refractivity contribution in [2.24, 2.45) is 0 Å². The number of carbonyl (C=O) groups excluding carboxylic acids is 2. The minimum Gasteiger partial charge on any atom is -0.379 e. The van der Waals surface area contributed by atoms with Crippen molar-refractivity contribution in [3.8, 4) is 11.4 Å². The molecule has 2 N–H and O–H groups in total. The molecule has 0 saturated carbocycles. The van der Waals surface area contributed by atoms with Gasteiger partial charge in [0.1, 0.15) is 5.03 Å². The molecule has 44 heavy (non-hydrogen) atoms. The Bertz CT molecular complexity index is 1210. The molecule has 0 atom stereocenters. The summed E-state index contributed by atoms with van der Waals surface area (Å²) in [6.45, 7) is 5.97. The third-order valence-corrected chi connectivity index (χ3v) is 7.90. The van der Waals surface area contributed by atoms with E-state index in [0.717, 1.165) is 16.2 Å². The number of pyridine rings is 1. The molecule has 0 spiro atoms. The van der Waals surface area contributed by atoms with Crippen LogP contribution in [0, 0.1) is 6.92 Å². The fourth-order valence-corrected chi connectivity index (χ4v) is 5.23. The average molecular weight is 646 g/mol. The van der Waals surface area contributed by atoms with E-state index < -0.39 is 0 Å². The quantitative estimate of drug-likeness (QED) is 0.115. The molecule has 0 aliphatic heterocycles. The van der Waals surface area contributed by atoms with Gasteiger partial charge in [-0.3, -0.25) is 9.59 Å². The molecule has 0 saturated heterocycles. The lowest BCUT2D eigenvalue weighted by atomic mass is 10.1. The molecule has 1 aromatic carbocycles. The molecule has 238 valence electrons. The lowest BCUT2D eigenvalue weighted by molar-refractivity contribution is -0.122. The fourth-order valence-electron chi connectivity index (χ4n) is 3.37. The molecule has 3 aromatic rings. The summed E-state index contributed by atoms with van der Waals surface area (Å²) in [4.78, 5) is 28.1. The molecule has 0 bridgehead atoms. The van der Waals surface area contributed by atoms with Crippen LogP contribution in [0.15, 0.2) is 53.7 Å². The van der Waals surface area contributed by atoms with Gasteiger partial charge in [-0.05, 0) is 35.4 Å². The number of amides is 2. The van der Waals surface area contributed by atoms with Gasteiger partial charge in [0, 0.05) is 43.4 Å². The number of carbonyl (C=O) groups is 2. The van der Waals surface area contributed by atoms with Gasteiger partial charge >= 0.3 is 0 Å². The average Bonchev–Trinajstić information content (AvgIpc) is 3.05. The maximum atomic E-state index is 12.1. The van der Waals surface area contributed by atoms with Gasteiger partial charge in [-0.15, -0.1) is 20.4 Å². The Morgan fingerprint density at radius 3 is 2.02 bits per heavy atom. The zero-order valence-electron chi connectivity index (χ0n) is 24.8. The van der Waals surface area contributed by atoms with Crippen LogP contribution in [0.3, 0.4) is 0 Å². The second-order valence-corrected chi connectivity index (χ2v) is 11.6. The normalized spacial score (nSPS) is 10.9. The van der Waals surface area contributed by atoms with Crippen molar-refractivity contribution in [3.63, 3.8) is 0 Å². The van der Waals surface area contributed by atoms with Gasteiger partial charge in [0.25, 0.3) is 0 Å². The number of benzene rings is 1. The molecule has 0 fully saturated rings. The van der Waals surface area contributed by atoms with Crippen molar-refractivity contribution in [3.05, 3.63) is 60.0 Å². The molecule has 0 aliphatic carbocycles. The summed E-state index contributed by atoms with van der Waals surface area (Å²) in [6, 6.07) is 13.3. The van der Waals surface area contributed by atoms with Crippen LogP contribution in [0.5, 0.6) is 0 Å². The molecule has 0 radical (unpaired) electrons. The van der Waals surface area contributed by atoms with Crippen molar-refractivity contribution in [1.82, 2.24) is 36.0 Å². The highest BCUT2D eigenvalue weighted by molar-refractivity contribution is 8.76. The van der Waals surface area contributed by atoms with Gasteiger partial charge in [0.2, 0.25) is 17.6 Å². The molecule has 2 aromatic heterocycles. The topological polar surface area (TPSA) is 160 Å². The third-order valence-electron chi connectivity index (χ3n) is 5.63. The third kappa shape index (κ3) is 16.0. The summed E-state index contributed by atoms with van der Waals surface area (Å²) in [5.41, 5.74) is 1.77. The Labute approximate surface area is 265 Å². The Balaban J connectivity index is 1.04. The Hall–Kier alpha value is -3.21. The van der Waals surface area contributed by atoms with E-state index in [0.29, 0.717) is 89.8 Å². The second-order valence-electron chi connectivity index (χ2n) is 9.12. The number of aryl methyl sites for hydroxylation is 1. The molecule has 2 amide bonds. The van der Waals surface area contributed by atoms with E-state index >= 15 is 0 Å². The van der Waals surface area contributed by atoms with Gasteiger partial charge in [0.15, 0.2) is 5.82 Å². The predicted octanol–water partition coefficient (Wildman–Crippen LogP) is 2.66. The van der Waals surface area contributed by atoms with Crippen molar-refractivity contribution in [2.75, 3.05) is 65.2 Å². The molecular formula is C29H39N7O6S2. The molecule has 13 nitrogen and oxygen atoms in total. The first-order chi connectivity index (χ1) is 21.6. The molecular weight excluding hydrogens is 606 g/mol. The number of hydrogen-bond donors (Lipinski definition) is 2. The Morgan fingerprint density at radius 1 is 0.727 bits per heavy atom. The standard InChI is InChI=1S/C29H39N7O6S2/c1-23-33-35-29(36-34-23)25-7-5-24(6-8-25)22-32-26(37)9-13-39-15-17-41-19-20-42-18-16-40-14-12-30-27(38)10-21-43-44-28-4-2-3-11-31-28/h2-8,11H,9-10,12-22H2,1H3,(H,30,38)(H,32,37). The zero-order valence-corrected chi connectivity index (χ0v) is 26.4. The monoisotopic (exact) mass is 645 g/mol. The number of nitrogens with one attached hydrogen (secondary N) is 2. The van der Waals surface area contributed by atoms with Crippen LogP contribution >= 0.6 is 21.6 Å². The Kier molecular flexibility index (Phi) is 17.9. The van der Waals surface area contributed by atoms with Gasteiger partial charge in [0.05, 0.1) is 52.9 Å². The predicted molar refractivity (Wildman–Crippen MR) is 168 cm³/mol. The van der Waals surface area contributed by atoms with E-state index in [-0.39, 0.29) is 18.2 Å². The summed E-state index contributed by atoms with van der Waals surface area (Å²) >= 11 is 0. The van der Waals surface area contributed by atoms with Crippen LogP contribution in [-0.2, 0) is 35.1 Å². The fraction of sp³-hybridized carbons (Fsp3) is 0.483. The largest absolute Gasteiger partial charge is 0.379 e. The number of hydrogen-bond acceptors (Lipinski definition) is 13. The first-order valence-electron chi connectivity index (χ1n) is 14.3. The lowest BCUT2D eigenvalue weighted by Gasteiger charge is -2.09. The van der Waals surface area contributed by atoms with E-state index in [2.05, 4.69) is 36.0 Å². The van der Waals surface area contributed by atoms with E-state index in [1.807, 2.05) is 42.5 Å². The van der Waals surface area contributed by atoms with Gasteiger partial charge in [-0.1, -0.05) is 41.1 Å². The van der Waals surface area contributed by atoms with Crippen LogP contribution in [0.25, 0.3) is 11.4 Å². The van der Waals surface area contributed by atoms with Crippen LogP contribution in [-0.4, -0.2) is 102 Å².